The first-order chi connectivity index (χ1) is 12.8. The molecule has 1 saturated carbocycles. The molecule has 5 rings (SSSR count). The summed E-state index contributed by atoms with van der Waals surface area (Å²) in [6.07, 6.45) is 5.17. The van der Waals surface area contributed by atoms with Gasteiger partial charge in [0.25, 0.3) is 0 Å². The highest BCUT2D eigenvalue weighted by atomic mass is 16.3. The maximum atomic E-state index is 12.7. The fourth-order valence-electron chi connectivity index (χ4n) is 3.47. The third-order valence-electron chi connectivity index (χ3n) is 4.77. The standard InChI is InChI=1S/C23H16O3/c24-23-17(13-19-11-15-5-1-3-7-21(15)25-19)9-10-18(23)14-20-12-16-6-2-4-8-22(16)26-20/h1-8,11-14H,9-10H2/b17-13-,18-14-. The number of para-hydroxylation sites is 2. The maximum absolute atomic E-state index is 12.7. The molecule has 4 aromatic rings. The van der Waals surface area contributed by atoms with Crippen LogP contribution in [0.5, 0.6) is 0 Å². The fourth-order valence-corrected chi connectivity index (χ4v) is 3.47. The molecule has 2 aromatic carbocycles. The molecule has 3 nitrogen and oxygen atoms in total. The molecule has 1 aliphatic carbocycles. The molecule has 0 bridgehead atoms. The van der Waals surface area contributed by atoms with Crippen LogP contribution < -0.4 is 0 Å². The van der Waals surface area contributed by atoms with Gasteiger partial charge in [-0.1, -0.05) is 36.4 Å². The number of furan rings is 2. The van der Waals surface area contributed by atoms with Gasteiger partial charge in [0.1, 0.15) is 22.7 Å². The van der Waals surface area contributed by atoms with E-state index in [2.05, 4.69) is 0 Å². The Labute approximate surface area is 150 Å². The molecular formula is C23H16O3. The van der Waals surface area contributed by atoms with Gasteiger partial charge >= 0.3 is 0 Å². The molecule has 126 valence electrons. The van der Waals surface area contributed by atoms with Gasteiger partial charge in [-0.25, -0.2) is 0 Å². The Hall–Kier alpha value is -3.33. The lowest BCUT2D eigenvalue weighted by Crippen LogP contribution is -1.95. The molecule has 0 radical (unpaired) electrons. The first-order valence-electron chi connectivity index (χ1n) is 8.69. The molecule has 0 atom stereocenters. The zero-order valence-corrected chi connectivity index (χ0v) is 14.1. The third kappa shape index (κ3) is 2.58. The lowest BCUT2D eigenvalue weighted by molar-refractivity contribution is -0.111. The largest absolute Gasteiger partial charge is 0.457 e. The summed E-state index contributed by atoms with van der Waals surface area (Å²) >= 11 is 0. The topological polar surface area (TPSA) is 43.4 Å². The Balaban J connectivity index is 1.45. The number of fused-ring (bicyclic) bond motifs is 2. The highest BCUT2D eigenvalue weighted by Crippen LogP contribution is 2.31. The fraction of sp³-hybridized carbons (Fsp3) is 0.0870. The van der Waals surface area contributed by atoms with Crippen LogP contribution in [0.25, 0.3) is 34.1 Å². The van der Waals surface area contributed by atoms with E-state index in [0.717, 1.165) is 57.4 Å². The summed E-state index contributed by atoms with van der Waals surface area (Å²) in [5, 5.41) is 2.09. The van der Waals surface area contributed by atoms with E-state index in [1.807, 2.05) is 72.8 Å². The Bertz CT molecular complexity index is 1040. The van der Waals surface area contributed by atoms with Crippen molar-refractivity contribution >= 4 is 39.9 Å². The number of hydrogen-bond donors (Lipinski definition) is 0. The van der Waals surface area contributed by atoms with Gasteiger partial charge in [-0.3, -0.25) is 4.79 Å². The molecule has 0 amide bonds. The summed E-state index contributed by atoms with van der Waals surface area (Å²) in [5.74, 6) is 1.52. The molecule has 0 spiro atoms. The highest BCUT2D eigenvalue weighted by molar-refractivity contribution is 6.15. The van der Waals surface area contributed by atoms with Crippen molar-refractivity contribution < 1.29 is 13.6 Å². The van der Waals surface area contributed by atoms with Crippen LogP contribution in [-0.4, -0.2) is 5.78 Å². The third-order valence-corrected chi connectivity index (χ3v) is 4.77. The summed E-state index contributed by atoms with van der Waals surface area (Å²) in [6, 6.07) is 19.6. The van der Waals surface area contributed by atoms with Crippen molar-refractivity contribution in [1.82, 2.24) is 0 Å². The van der Waals surface area contributed by atoms with Gasteiger partial charge < -0.3 is 8.83 Å². The summed E-state index contributed by atoms with van der Waals surface area (Å²) < 4.78 is 11.6. The number of rotatable bonds is 2. The molecular weight excluding hydrogens is 324 g/mol. The molecule has 0 saturated heterocycles. The Morgan fingerprint density at radius 3 is 1.62 bits per heavy atom. The van der Waals surface area contributed by atoms with Crippen molar-refractivity contribution in [2.24, 2.45) is 0 Å². The second kappa shape index (κ2) is 5.88. The zero-order chi connectivity index (χ0) is 17.5. The minimum Gasteiger partial charge on any atom is -0.457 e. The number of carbonyl (C=O) groups excluding carboxylic acids is 1. The lowest BCUT2D eigenvalue weighted by Gasteiger charge is -1.93. The molecule has 0 unspecified atom stereocenters. The first-order valence-corrected chi connectivity index (χ1v) is 8.69. The van der Waals surface area contributed by atoms with Crippen LogP contribution >= 0.6 is 0 Å². The highest BCUT2D eigenvalue weighted by Gasteiger charge is 2.24. The second-order valence-electron chi connectivity index (χ2n) is 6.54. The first kappa shape index (κ1) is 15.0. The van der Waals surface area contributed by atoms with E-state index in [1.165, 1.54) is 0 Å². The Morgan fingerprint density at radius 2 is 1.15 bits per heavy atom. The number of Topliss-reactive ketones (excluding diaryl/α,β-unsaturated/α-hetero) is 1. The molecule has 1 fully saturated rings. The van der Waals surface area contributed by atoms with Crippen LogP contribution in [0.15, 0.2) is 80.6 Å². The molecule has 26 heavy (non-hydrogen) atoms. The Morgan fingerprint density at radius 1 is 0.692 bits per heavy atom. The van der Waals surface area contributed by atoms with E-state index < -0.39 is 0 Å². The summed E-state index contributed by atoms with van der Waals surface area (Å²) in [4.78, 5) is 12.7. The van der Waals surface area contributed by atoms with Crippen LogP contribution in [-0.2, 0) is 4.79 Å². The maximum Gasteiger partial charge on any atom is 0.185 e. The zero-order valence-electron chi connectivity index (χ0n) is 14.1. The van der Waals surface area contributed by atoms with Crippen molar-refractivity contribution in [2.45, 2.75) is 12.8 Å². The molecule has 1 aliphatic rings. The monoisotopic (exact) mass is 340 g/mol. The van der Waals surface area contributed by atoms with Crippen LogP contribution in [0.3, 0.4) is 0 Å². The number of allylic oxidation sites excluding steroid dienone is 2. The SMILES string of the molecule is O=C1/C(=C\c2cc3ccccc3o2)CC/C1=C/c1cc2ccccc2o1. The van der Waals surface area contributed by atoms with Crippen LogP contribution in [0.1, 0.15) is 24.4 Å². The quantitative estimate of drug-likeness (QED) is 0.420. The lowest BCUT2D eigenvalue weighted by atomic mass is 10.1. The van der Waals surface area contributed by atoms with Gasteiger partial charge in [0.15, 0.2) is 5.78 Å². The van der Waals surface area contributed by atoms with E-state index >= 15 is 0 Å². The smallest absolute Gasteiger partial charge is 0.185 e. The van der Waals surface area contributed by atoms with E-state index in [4.69, 9.17) is 8.83 Å². The molecule has 0 aliphatic heterocycles. The van der Waals surface area contributed by atoms with Crippen LogP contribution in [0.4, 0.5) is 0 Å². The average Bonchev–Trinajstić information content (AvgIpc) is 3.33. The van der Waals surface area contributed by atoms with E-state index in [0.29, 0.717) is 0 Å². The van der Waals surface area contributed by atoms with E-state index in [9.17, 15) is 4.79 Å². The van der Waals surface area contributed by atoms with E-state index in [1.54, 1.807) is 0 Å². The minimum absolute atomic E-state index is 0.0749. The van der Waals surface area contributed by atoms with Gasteiger partial charge in [0.2, 0.25) is 0 Å². The molecule has 3 heteroatoms. The normalized spacial score (nSPS) is 17.9. The number of carbonyl (C=O) groups is 1. The number of hydrogen-bond acceptors (Lipinski definition) is 3. The van der Waals surface area contributed by atoms with Crippen LogP contribution in [0.2, 0.25) is 0 Å². The molecule has 0 N–H and O–H groups in total. The number of benzene rings is 2. The van der Waals surface area contributed by atoms with Gasteiger partial charge in [0.05, 0.1) is 0 Å². The molecule has 2 heterocycles. The predicted octanol–water partition coefficient (Wildman–Crippen LogP) is 6.01. The summed E-state index contributed by atoms with van der Waals surface area (Å²) in [5.41, 5.74) is 3.24. The minimum atomic E-state index is 0.0749. The summed E-state index contributed by atoms with van der Waals surface area (Å²) in [7, 11) is 0. The van der Waals surface area contributed by atoms with Crippen molar-refractivity contribution in [2.75, 3.05) is 0 Å². The summed E-state index contributed by atoms with van der Waals surface area (Å²) in [6.45, 7) is 0. The van der Waals surface area contributed by atoms with Gasteiger partial charge in [-0.2, -0.15) is 0 Å². The van der Waals surface area contributed by atoms with Gasteiger partial charge in [0, 0.05) is 21.9 Å². The van der Waals surface area contributed by atoms with Gasteiger partial charge in [-0.05, 0) is 49.3 Å². The van der Waals surface area contributed by atoms with Crippen molar-refractivity contribution in [3.8, 4) is 0 Å². The van der Waals surface area contributed by atoms with E-state index in [-0.39, 0.29) is 5.78 Å². The van der Waals surface area contributed by atoms with Gasteiger partial charge in [-0.15, -0.1) is 0 Å². The predicted molar refractivity (Wildman–Crippen MR) is 103 cm³/mol. The van der Waals surface area contributed by atoms with Crippen molar-refractivity contribution in [1.29, 1.82) is 0 Å². The number of ketones is 1. The average molecular weight is 340 g/mol. The van der Waals surface area contributed by atoms with Crippen molar-refractivity contribution in [3.05, 3.63) is 83.3 Å². The second-order valence-corrected chi connectivity index (χ2v) is 6.54. The van der Waals surface area contributed by atoms with Crippen LogP contribution in [0, 0.1) is 0 Å². The Kier molecular flexibility index (Phi) is 3.39. The molecule has 2 aromatic heterocycles. The van der Waals surface area contributed by atoms with Crippen molar-refractivity contribution in [3.63, 3.8) is 0 Å².